The smallest absolute Gasteiger partial charge is 0.141 e. The highest BCUT2D eigenvalue weighted by Gasteiger charge is 2.34. The first-order valence-electron chi connectivity index (χ1n) is 13.0. The van der Waals surface area contributed by atoms with Gasteiger partial charge >= 0.3 is 0 Å². The highest BCUT2D eigenvalue weighted by molar-refractivity contribution is 7.79. The summed E-state index contributed by atoms with van der Waals surface area (Å²) in [5.74, 6) is 0. The third-order valence-corrected chi connectivity index (χ3v) is 10.5. The lowest BCUT2D eigenvalue weighted by Gasteiger charge is -2.14. The van der Waals surface area contributed by atoms with Crippen molar-refractivity contribution in [3.8, 4) is 50.6 Å². The Morgan fingerprint density at radius 2 is 1.10 bits per heavy atom. The monoisotopic (exact) mass is 517 g/mol. The fraction of sp³-hybridized carbons (Fsp3) is 0.0278. The SMILES string of the molecule is CP1(=O)c2ccccc2-c2ccc(-c3ccc(-c4ccc(-c5cccc(C#N)c5)cc4)c4ccccc34)cc21. The fourth-order valence-electron chi connectivity index (χ4n) is 5.90. The van der Waals surface area contributed by atoms with Crippen molar-refractivity contribution in [1.82, 2.24) is 0 Å². The van der Waals surface area contributed by atoms with E-state index in [2.05, 4.69) is 91.0 Å². The molecule has 0 saturated carbocycles. The van der Waals surface area contributed by atoms with E-state index >= 15 is 0 Å². The van der Waals surface area contributed by atoms with Gasteiger partial charge in [0.05, 0.1) is 11.6 Å². The molecule has 0 fully saturated rings. The maximum absolute atomic E-state index is 13.9. The van der Waals surface area contributed by atoms with Crippen LogP contribution in [0.25, 0.3) is 55.3 Å². The molecule has 3 heteroatoms. The molecule has 1 heterocycles. The van der Waals surface area contributed by atoms with Gasteiger partial charge < -0.3 is 4.57 Å². The van der Waals surface area contributed by atoms with Gasteiger partial charge in [0.15, 0.2) is 0 Å². The van der Waals surface area contributed by atoms with Crippen LogP contribution < -0.4 is 10.6 Å². The van der Waals surface area contributed by atoms with Crippen LogP contribution in [0.4, 0.5) is 0 Å². The Labute approximate surface area is 228 Å². The van der Waals surface area contributed by atoms with Gasteiger partial charge in [0, 0.05) is 10.6 Å². The molecule has 6 aromatic rings. The summed E-state index contributed by atoms with van der Waals surface area (Å²) in [5.41, 5.74) is 9.48. The van der Waals surface area contributed by atoms with Crippen LogP contribution in [0.1, 0.15) is 5.56 Å². The van der Waals surface area contributed by atoms with Gasteiger partial charge in [0.1, 0.15) is 7.14 Å². The van der Waals surface area contributed by atoms with E-state index in [1.165, 1.54) is 16.3 Å². The quantitative estimate of drug-likeness (QED) is 0.221. The first kappa shape index (κ1) is 23.4. The largest absolute Gasteiger partial charge is 0.314 e. The van der Waals surface area contributed by atoms with Gasteiger partial charge in [-0.2, -0.15) is 5.26 Å². The molecule has 0 saturated heterocycles. The van der Waals surface area contributed by atoms with Crippen molar-refractivity contribution >= 4 is 28.5 Å². The summed E-state index contributed by atoms with van der Waals surface area (Å²) < 4.78 is 13.9. The predicted molar refractivity (Wildman–Crippen MR) is 163 cm³/mol. The van der Waals surface area contributed by atoms with Crippen LogP contribution in [0, 0.1) is 11.3 Å². The molecule has 0 N–H and O–H groups in total. The molecule has 0 aliphatic carbocycles. The number of nitriles is 1. The van der Waals surface area contributed by atoms with Gasteiger partial charge in [-0.3, -0.25) is 0 Å². The zero-order valence-electron chi connectivity index (χ0n) is 21.4. The van der Waals surface area contributed by atoms with Crippen molar-refractivity contribution in [3.63, 3.8) is 0 Å². The number of hydrogen-bond acceptors (Lipinski definition) is 2. The minimum Gasteiger partial charge on any atom is -0.314 e. The van der Waals surface area contributed by atoms with Crippen LogP contribution in [0.3, 0.4) is 0 Å². The van der Waals surface area contributed by atoms with E-state index in [-0.39, 0.29) is 0 Å². The Bertz CT molecular complexity index is 2010. The van der Waals surface area contributed by atoms with Gasteiger partial charge in [0.2, 0.25) is 0 Å². The van der Waals surface area contributed by atoms with Crippen LogP contribution in [0.2, 0.25) is 0 Å². The number of benzene rings is 6. The maximum Gasteiger partial charge on any atom is 0.141 e. The molecule has 1 atom stereocenters. The summed E-state index contributed by atoms with van der Waals surface area (Å²) in [4.78, 5) is 0. The van der Waals surface area contributed by atoms with E-state index in [4.69, 9.17) is 0 Å². The highest BCUT2D eigenvalue weighted by Crippen LogP contribution is 2.50. The van der Waals surface area contributed by atoms with E-state index in [0.717, 1.165) is 49.6 Å². The van der Waals surface area contributed by atoms with Gasteiger partial charge in [0.25, 0.3) is 0 Å². The maximum atomic E-state index is 13.9. The summed E-state index contributed by atoms with van der Waals surface area (Å²) in [5, 5.41) is 13.5. The number of rotatable bonds is 3. The molecule has 1 aliphatic rings. The molecule has 7 rings (SSSR count). The molecule has 0 amide bonds. The zero-order valence-corrected chi connectivity index (χ0v) is 22.3. The first-order chi connectivity index (χ1) is 19.0. The molecule has 0 bridgehead atoms. The topological polar surface area (TPSA) is 40.9 Å². The molecule has 0 spiro atoms. The second kappa shape index (κ2) is 8.95. The Kier molecular flexibility index (Phi) is 5.38. The number of fused-ring (bicyclic) bond motifs is 4. The first-order valence-corrected chi connectivity index (χ1v) is 15.2. The molecule has 0 radical (unpaired) electrons. The standard InChI is InChI=1S/C36H24NOP/c1-39(38)35-12-5-4-11-33(35)34-18-17-28(22-36(34)39)30-20-19-29(31-9-2-3-10-32(30)31)26-15-13-25(14-16-26)27-8-6-7-24(21-27)23-37/h2-22H,1H3. The van der Waals surface area contributed by atoms with Crippen molar-refractivity contribution in [2.45, 2.75) is 0 Å². The summed E-state index contributed by atoms with van der Waals surface area (Å²) >= 11 is 0. The minimum atomic E-state index is -2.64. The lowest BCUT2D eigenvalue weighted by molar-refractivity contribution is 0.591. The molecular weight excluding hydrogens is 493 g/mol. The molecular formula is C36H24NOP. The lowest BCUT2D eigenvalue weighted by atomic mass is 9.91. The van der Waals surface area contributed by atoms with Crippen LogP contribution in [0.15, 0.2) is 127 Å². The second-order valence-corrected chi connectivity index (χ2v) is 13.0. The molecule has 0 aromatic heterocycles. The third-order valence-electron chi connectivity index (χ3n) is 7.87. The summed E-state index contributed by atoms with van der Waals surface area (Å²) in [7, 11) is -2.64. The van der Waals surface area contributed by atoms with Crippen molar-refractivity contribution in [1.29, 1.82) is 5.26 Å². The van der Waals surface area contributed by atoms with Crippen molar-refractivity contribution in [2.24, 2.45) is 0 Å². The molecule has 2 nitrogen and oxygen atoms in total. The summed E-state index contributed by atoms with van der Waals surface area (Å²) in [6.07, 6.45) is 0. The number of nitrogens with zero attached hydrogens (tertiary/aromatic N) is 1. The van der Waals surface area contributed by atoms with Crippen molar-refractivity contribution in [2.75, 3.05) is 6.66 Å². The third kappa shape index (κ3) is 3.75. The summed E-state index contributed by atoms with van der Waals surface area (Å²) in [6, 6.07) is 45.8. The van der Waals surface area contributed by atoms with Crippen LogP contribution in [-0.2, 0) is 4.57 Å². The van der Waals surface area contributed by atoms with E-state index in [1.54, 1.807) is 0 Å². The van der Waals surface area contributed by atoms with E-state index in [9.17, 15) is 9.83 Å². The average molecular weight is 518 g/mol. The Hall–Kier alpha value is -4.70. The van der Waals surface area contributed by atoms with E-state index in [0.29, 0.717) is 5.56 Å². The van der Waals surface area contributed by atoms with E-state index < -0.39 is 7.14 Å². The predicted octanol–water partition coefficient (Wildman–Crippen LogP) is 8.64. The van der Waals surface area contributed by atoms with Gasteiger partial charge in [-0.05, 0) is 80.1 Å². The fourth-order valence-corrected chi connectivity index (χ4v) is 8.22. The second-order valence-electron chi connectivity index (χ2n) is 10.1. The molecule has 1 unspecified atom stereocenters. The summed E-state index contributed by atoms with van der Waals surface area (Å²) in [6.45, 7) is 1.89. The van der Waals surface area contributed by atoms with Gasteiger partial charge in [-0.15, -0.1) is 0 Å². The average Bonchev–Trinajstić information content (AvgIpc) is 3.23. The van der Waals surface area contributed by atoms with E-state index in [1.807, 2.05) is 49.1 Å². The van der Waals surface area contributed by atoms with Gasteiger partial charge in [-0.1, -0.05) is 109 Å². The molecule has 39 heavy (non-hydrogen) atoms. The van der Waals surface area contributed by atoms with Gasteiger partial charge in [-0.25, -0.2) is 0 Å². The van der Waals surface area contributed by atoms with Crippen LogP contribution >= 0.6 is 7.14 Å². The Morgan fingerprint density at radius 3 is 1.85 bits per heavy atom. The van der Waals surface area contributed by atoms with Crippen molar-refractivity contribution in [3.05, 3.63) is 133 Å². The molecule has 1 aliphatic heterocycles. The lowest BCUT2D eigenvalue weighted by Crippen LogP contribution is -2.08. The number of hydrogen-bond donors (Lipinski definition) is 0. The zero-order chi connectivity index (χ0) is 26.6. The normalized spacial score (nSPS) is 15.5. The molecule has 184 valence electrons. The Balaban J connectivity index is 1.32. The van der Waals surface area contributed by atoms with Crippen LogP contribution in [-0.4, -0.2) is 6.66 Å². The Morgan fingerprint density at radius 1 is 0.513 bits per heavy atom. The van der Waals surface area contributed by atoms with Crippen molar-refractivity contribution < 1.29 is 4.57 Å². The van der Waals surface area contributed by atoms with Crippen LogP contribution in [0.5, 0.6) is 0 Å². The minimum absolute atomic E-state index is 0.660. The molecule has 6 aromatic carbocycles. The highest BCUT2D eigenvalue weighted by atomic mass is 31.2.